The number of carbonyl (C=O) groups excluding carboxylic acids is 1. The van der Waals surface area contributed by atoms with Crippen LogP contribution in [0, 0.1) is 5.82 Å². The molecule has 0 spiro atoms. The molecule has 3 nitrogen and oxygen atoms in total. The predicted molar refractivity (Wildman–Crippen MR) is 115 cm³/mol. The second-order valence-electron chi connectivity index (χ2n) is 5.94. The normalized spacial score (nSPS) is 15.7. The number of hydrogen-bond donors (Lipinski definition) is 0. The highest BCUT2D eigenvalue weighted by molar-refractivity contribution is 9.10. The lowest BCUT2D eigenvalue weighted by atomic mass is 10.2. The van der Waals surface area contributed by atoms with Gasteiger partial charge < -0.3 is 4.74 Å². The summed E-state index contributed by atoms with van der Waals surface area (Å²) in [6.07, 6.45) is 2.70. The average Bonchev–Trinajstić information content (AvgIpc) is 2.90. The molecule has 1 saturated heterocycles. The zero-order chi connectivity index (χ0) is 19.4. The number of ether oxygens (including phenoxy) is 1. The fourth-order valence-electron chi connectivity index (χ4n) is 2.53. The van der Waals surface area contributed by atoms with E-state index in [1.54, 1.807) is 17.0 Å². The molecule has 0 atom stereocenters. The molecule has 27 heavy (non-hydrogen) atoms. The standard InChI is InChI=1S/C20H17BrFNO2S2/c1-2-9-23-19(24)18(27-20(23)26)11-14-5-8-17(16(21)10-14)25-12-13-3-6-15(22)7-4-13/h3-8,10-11H,2,9,12H2,1H3/b18-11+. The Labute approximate surface area is 175 Å². The van der Waals surface area contributed by atoms with Crippen molar-refractivity contribution in [3.63, 3.8) is 0 Å². The number of halogens is 2. The molecule has 0 N–H and O–H groups in total. The van der Waals surface area contributed by atoms with E-state index in [9.17, 15) is 9.18 Å². The van der Waals surface area contributed by atoms with E-state index in [0.29, 0.717) is 28.1 Å². The Morgan fingerprint density at radius 3 is 2.67 bits per heavy atom. The molecule has 1 heterocycles. The second-order valence-corrected chi connectivity index (χ2v) is 8.47. The lowest BCUT2D eigenvalue weighted by molar-refractivity contribution is -0.122. The minimum atomic E-state index is -0.270. The van der Waals surface area contributed by atoms with Gasteiger partial charge in [-0.25, -0.2) is 4.39 Å². The summed E-state index contributed by atoms with van der Waals surface area (Å²) in [5.74, 6) is 0.364. The second kappa shape index (κ2) is 8.99. The topological polar surface area (TPSA) is 29.5 Å². The third-order valence-electron chi connectivity index (χ3n) is 3.88. The van der Waals surface area contributed by atoms with E-state index in [1.807, 2.05) is 31.2 Å². The third-order valence-corrected chi connectivity index (χ3v) is 5.88. The maximum Gasteiger partial charge on any atom is 0.266 e. The Kier molecular flexibility index (Phi) is 6.68. The molecule has 0 aliphatic carbocycles. The van der Waals surface area contributed by atoms with Crippen LogP contribution in [-0.4, -0.2) is 21.7 Å². The molecule has 0 bridgehead atoms. The maximum atomic E-state index is 13.0. The van der Waals surface area contributed by atoms with Crippen LogP contribution in [-0.2, 0) is 11.4 Å². The Morgan fingerprint density at radius 2 is 2.00 bits per heavy atom. The van der Waals surface area contributed by atoms with E-state index < -0.39 is 0 Å². The number of thiocarbonyl (C=S) groups is 1. The van der Waals surface area contributed by atoms with Crippen molar-refractivity contribution in [3.05, 3.63) is 68.8 Å². The van der Waals surface area contributed by atoms with Gasteiger partial charge >= 0.3 is 0 Å². The summed E-state index contributed by atoms with van der Waals surface area (Å²) in [6, 6.07) is 11.8. The number of amides is 1. The van der Waals surface area contributed by atoms with E-state index in [2.05, 4.69) is 15.9 Å². The minimum absolute atomic E-state index is 0.0420. The smallest absolute Gasteiger partial charge is 0.266 e. The Balaban J connectivity index is 1.70. The van der Waals surface area contributed by atoms with Gasteiger partial charge in [-0.05, 0) is 63.8 Å². The summed E-state index contributed by atoms with van der Waals surface area (Å²) in [5.41, 5.74) is 1.76. The van der Waals surface area contributed by atoms with Crippen molar-refractivity contribution in [2.75, 3.05) is 6.54 Å². The van der Waals surface area contributed by atoms with Gasteiger partial charge in [0.2, 0.25) is 0 Å². The average molecular weight is 466 g/mol. The van der Waals surface area contributed by atoms with Crippen LogP contribution in [0.1, 0.15) is 24.5 Å². The highest BCUT2D eigenvalue weighted by atomic mass is 79.9. The van der Waals surface area contributed by atoms with Gasteiger partial charge in [-0.3, -0.25) is 9.69 Å². The Hall–Kier alpha value is -1.70. The molecule has 1 aliphatic rings. The van der Waals surface area contributed by atoms with Crippen molar-refractivity contribution < 1.29 is 13.9 Å². The van der Waals surface area contributed by atoms with Crippen LogP contribution in [0.4, 0.5) is 4.39 Å². The lowest BCUT2D eigenvalue weighted by Crippen LogP contribution is -2.28. The highest BCUT2D eigenvalue weighted by Crippen LogP contribution is 2.34. The zero-order valence-corrected chi connectivity index (χ0v) is 17.8. The van der Waals surface area contributed by atoms with E-state index in [-0.39, 0.29) is 11.7 Å². The van der Waals surface area contributed by atoms with Crippen molar-refractivity contribution >= 4 is 56.2 Å². The minimum Gasteiger partial charge on any atom is -0.488 e. The number of hydrogen-bond acceptors (Lipinski definition) is 4. The molecular weight excluding hydrogens is 449 g/mol. The van der Waals surface area contributed by atoms with Gasteiger partial charge in [0.1, 0.15) is 22.5 Å². The molecule has 1 amide bonds. The number of rotatable bonds is 6. The molecule has 1 aliphatic heterocycles. The molecule has 0 saturated carbocycles. The zero-order valence-electron chi connectivity index (χ0n) is 14.6. The molecule has 0 aromatic heterocycles. The predicted octanol–water partition coefficient (Wildman–Crippen LogP) is 5.78. The molecule has 0 radical (unpaired) electrons. The number of carbonyl (C=O) groups is 1. The van der Waals surface area contributed by atoms with Gasteiger partial charge in [-0.1, -0.05) is 49.1 Å². The van der Waals surface area contributed by atoms with Crippen LogP contribution in [0.2, 0.25) is 0 Å². The summed E-state index contributed by atoms with van der Waals surface area (Å²) >= 11 is 10.1. The highest BCUT2D eigenvalue weighted by Gasteiger charge is 2.31. The summed E-state index contributed by atoms with van der Waals surface area (Å²) in [5, 5.41) is 0. The Bertz CT molecular complexity index is 899. The molecular formula is C20H17BrFNO2S2. The van der Waals surface area contributed by atoms with E-state index in [0.717, 1.165) is 22.0 Å². The van der Waals surface area contributed by atoms with Gasteiger partial charge in [0.05, 0.1) is 9.38 Å². The first-order valence-electron chi connectivity index (χ1n) is 8.40. The first-order valence-corrected chi connectivity index (χ1v) is 10.4. The van der Waals surface area contributed by atoms with Crippen LogP contribution in [0.3, 0.4) is 0 Å². The van der Waals surface area contributed by atoms with Gasteiger partial charge in [0, 0.05) is 6.54 Å². The molecule has 2 aromatic rings. The van der Waals surface area contributed by atoms with Crippen LogP contribution in [0.15, 0.2) is 51.8 Å². The first kappa shape index (κ1) is 20.0. The van der Waals surface area contributed by atoms with Crippen LogP contribution >= 0.6 is 39.9 Å². The largest absolute Gasteiger partial charge is 0.488 e. The molecule has 7 heteroatoms. The van der Waals surface area contributed by atoms with Crippen molar-refractivity contribution in [2.24, 2.45) is 0 Å². The van der Waals surface area contributed by atoms with Crippen LogP contribution in [0.25, 0.3) is 6.08 Å². The van der Waals surface area contributed by atoms with Crippen molar-refractivity contribution in [1.82, 2.24) is 4.90 Å². The summed E-state index contributed by atoms with van der Waals surface area (Å²) in [7, 11) is 0. The summed E-state index contributed by atoms with van der Waals surface area (Å²) in [6.45, 7) is 3.00. The maximum absolute atomic E-state index is 13.0. The van der Waals surface area contributed by atoms with Crippen molar-refractivity contribution in [1.29, 1.82) is 0 Å². The molecule has 1 fully saturated rings. The monoisotopic (exact) mass is 465 g/mol. The van der Waals surface area contributed by atoms with E-state index in [4.69, 9.17) is 17.0 Å². The van der Waals surface area contributed by atoms with E-state index >= 15 is 0 Å². The number of thioether (sulfide) groups is 1. The van der Waals surface area contributed by atoms with Crippen LogP contribution < -0.4 is 4.74 Å². The summed E-state index contributed by atoms with van der Waals surface area (Å²) in [4.78, 5) is 14.7. The number of nitrogens with zero attached hydrogens (tertiary/aromatic N) is 1. The molecule has 2 aromatic carbocycles. The third kappa shape index (κ3) is 4.97. The van der Waals surface area contributed by atoms with Gasteiger partial charge in [0.15, 0.2) is 0 Å². The molecule has 0 unspecified atom stereocenters. The number of benzene rings is 2. The first-order chi connectivity index (χ1) is 13.0. The van der Waals surface area contributed by atoms with Gasteiger partial charge in [-0.15, -0.1) is 0 Å². The molecule has 3 rings (SSSR count). The van der Waals surface area contributed by atoms with E-state index in [1.165, 1.54) is 23.9 Å². The fourth-order valence-corrected chi connectivity index (χ4v) is 4.35. The SMILES string of the molecule is CCCN1C(=O)/C(=C\c2ccc(OCc3ccc(F)cc3)c(Br)c2)SC1=S. The van der Waals surface area contributed by atoms with Crippen LogP contribution in [0.5, 0.6) is 5.75 Å². The van der Waals surface area contributed by atoms with Gasteiger partial charge in [0.25, 0.3) is 5.91 Å². The summed E-state index contributed by atoms with van der Waals surface area (Å²) < 4.78 is 20.1. The Morgan fingerprint density at radius 1 is 1.26 bits per heavy atom. The quantitative estimate of drug-likeness (QED) is 0.399. The van der Waals surface area contributed by atoms with Crippen molar-refractivity contribution in [3.8, 4) is 5.75 Å². The van der Waals surface area contributed by atoms with Gasteiger partial charge in [-0.2, -0.15) is 0 Å². The molecule has 140 valence electrons. The fraction of sp³-hybridized carbons (Fsp3) is 0.200. The lowest BCUT2D eigenvalue weighted by Gasteiger charge is -2.12. The van der Waals surface area contributed by atoms with Crippen molar-refractivity contribution in [2.45, 2.75) is 20.0 Å².